The summed E-state index contributed by atoms with van der Waals surface area (Å²) in [6, 6.07) is 8.42. The first-order valence-electron chi connectivity index (χ1n) is 10.1. The van der Waals surface area contributed by atoms with Crippen LogP contribution >= 0.6 is 0 Å². The number of nitrogens with two attached hydrogens (primary N) is 1. The monoisotopic (exact) mass is 450 g/mol. The van der Waals surface area contributed by atoms with Gasteiger partial charge in [0.2, 0.25) is 23.5 Å². The van der Waals surface area contributed by atoms with Gasteiger partial charge in [-0.3, -0.25) is 14.5 Å². The van der Waals surface area contributed by atoms with Crippen molar-refractivity contribution in [3.05, 3.63) is 58.5 Å². The number of hydrogen-bond acceptors (Lipinski definition) is 10. The Balaban J connectivity index is 1.51. The number of nitrogens with one attached hydrogen (secondary N) is 1. The molecular formula is C21H22N8O4. The molecule has 0 saturated heterocycles. The number of methoxy groups -OCH3 is 2. The molecule has 0 aliphatic rings. The van der Waals surface area contributed by atoms with E-state index in [4.69, 9.17) is 20.2 Å². The molecule has 0 aromatic carbocycles. The second-order valence-corrected chi connectivity index (χ2v) is 7.03. The van der Waals surface area contributed by atoms with Gasteiger partial charge in [0.1, 0.15) is 5.65 Å². The molecule has 4 aromatic heterocycles. The summed E-state index contributed by atoms with van der Waals surface area (Å²) in [5.41, 5.74) is 8.23. The molecule has 0 aliphatic carbocycles. The van der Waals surface area contributed by atoms with Gasteiger partial charge in [-0.1, -0.05) is 0 Å². The zero-order valence-electron chi connectivity index (χ0n) is 18.1. The van der Waals surface area contributed by atoms with Gasteiger partial charge in [0, 0.05) is 42.8 Å². The second kappa shape index (κ2) is 9.34. The number of fused-ring (bicyclic) bond motifs is 1. The van der Waals surface area contributed by atoms with E-state index in [9.17, 15) is 10.1 Å². The van der Waals surface area contributed by atoms with Crippen LogP contribution in [0.2, 0.25) is 0 Å². The smallest absolute Gasteiger partial charge is 0.311 e. The maximum Gasteiger partial charge on any atom is 0.311 e. The third-order valence-electron chi connectivity index (χ3n) is 4.95. The number of aromatic nitrogens is 5. The number of rotatable bonds is 9. The van der Waals surface area contributed by atoms with Gasteiger partial charge in [-0.2, -0.15) is 4.98 Å². The minimum atomic E-state index is -0.546. The summed E-state index contributed by atoms with van der Waals surface area (Å²) >= 11 is 0. The van der Waals surface area contributed by atoms with Crippen LogP contribution in [0, 0.1) is 10.1 Å². The Bertz CT molecular complexity index is 1310. The van der Waals surface area contributed by atoms with Crippen LogP contribution < -0.4 is 20.5 Å². The molecule has 0 unspecified atom stereocenters. The molecule has 0 atom stereocenters. The van der Waals surface area contributed by atoms with E-state index < -0.39 is 4.92 Å². The molecule has 0 aliphatic heterocycles. The number of imidazole rings is 1. The summed E-state index contributed by atoms with van der Waals surface area (Å²) < 4.78 is 12.4. The number of anilines is 2. The van der Waals surface area contributed by atoms with E-state index in [0.29, 0.717) is 59.7 Å². The fraction of sp³-hybridized carbons (Fsp3) is 0.238. The Hall–Kier alpha value is -4.48. The molecule has 33 heavy (non-hydrogen) atoms. The predicted molar refractivity (Wildman–Crippen MR) is 121 cm³/mol. The number of nitrogens with zero attached hydrogens (tertiary/aromatic N) is 6. The number of nitrogen functional groups attached to an aromatic ring is 1. The Morgan fingerprint density at radius 1 is 1.15 bits per heavy atom. The third-order valence-corrected chi connectivity index (χ3v) is 4.95. The number of nitro groups is 1. The van der Waals surface area contributed by atoms with Crippen LogP contribution in [0.1, 0.15) is 12.1 Å². The molecule has 3 N–H and O–H groups in total. The van der Waals surface area contributed by atoms with E-state index in [1.807, 2.05) is 22.7 Å². The van der Waals surface area contributed by atoms with E-state index in [0.717, 1.165) is 0 Å². The Morgan fingerprint density at radius 3 is 2.73 bits per heavy atom. The highest BCUT2D eigenvalue weighted by Crippen LogP contribution is 2.30. The highest BCUT2D eigenvalue weighted by molar-refractivity contribution is 5.70. The molecule has 12 nitrogen and oxygen atoms in total. The van der Waals surface area contributed by atoms with Crippen molar-refractivity contribution >= 4 is 23.1 Å². The van der Waals surface area contributed by atoms with Crippen LogP contribution in [0.15, 0.2) is 42.7 Å². The number of ether oxygens (including phenoxy) is 2. The normalized spacial score (nSPS) is 10.8. The van der Waals surface area contributed by atoms with Gasteiger partial charge in [0.15, 0.2) is 0 Å². The Labute approximate surface area is 188 Å². The molecule has 12 heteroatoms. The van der Waals surface area contributed by atoms with Crippen molar-refractivity contribution in [3.63, 3.8) is 0 Å². The van der Waals surface area contributed by atoms with Crippen molar-refractivity contribution in [2.24, 2.45) is 0 Å². The highest BCUT2D eigenvalue weighted by Gasteiger charge is 2.15. The van der Waals surface area contributed by atoms with Crippen LogP contribution in [0.3, 0.4) is 0 Å². The summed E-state index contributed by atoms with van der Waals surface area (Å²) in [4.78, 5) is 27.9. The average Bonchev–Trinajstić information content (AvgIpc) is 3.30. The van der Waals surface area contributed by atoms with Crippen LogP contribution in [-0.2, 0) is 6.42 Å². The van der Waals surface area contributed by atoms with Gasteiger partial charge in [-0.05, 0) is 25.0 Å². The van der Waals surface area contributed by atoms with Gasteiger partial charge >= 0.3 is 5.69 Å². The van der Waals surface area contributed by atoms with E-state index in [-0.39, 0.29) is 11.5 Å². The quantitative estimate of drug-likeness (QED) is 0.221. The predicted octanol–water partition coefficient (Wildman–Crippen LogP) is 2.74. The standard InChI is InChI=1S/C21H22N8O4/c1-32-18-8-6-14(20(27-18)33-2)15-12-17-23-10-11-28(17)21(26-15)24-9-3-4-13-5-7-16(29(30)31)19(22)25-13/h5-8,10-12H,3-4,9H2,1-2H3,(H2,22,25)(H,24,26). The van der Waals surface area contributed by atoms with E-state index in [1.165, 1.54) is 13.2 Å². The summed E-state index contributed by atoms with van der Waals surface area (Å²) in [6.45, 7) is 0.584. The lowest BCUT2D eigenvalue weighted by Crippen LogP contribution is -2.10. The molecule has 4 aromatic rings. The van der Waals surface area contributed by atoms with E-state index in [1.54, 1.807) is 25.4 Å². The van der Waals surface area contributed by atoms with Crippen LogP contribution in [0.4, 0.5) is 17.5 Å². The fourth-order valence-electron chi connectivity index (χ4n) is 3.35. The zero-order chi connectivity index (χ0) is 23.4. The van der Waals surface area contributed by atoms with Crippen molar-refractivity contribution in [1.29, 1.82) is 0 Å². The Morgan fingerprint density at radius 2 is 2.00 bits per heavy atom. The number of pyridine rings is 2. The van der Waals surface area contributed by atoms with Crippen molar-refractivity contribution < 1.29 is 14.4 Å². The molecule has 0 bridgehead atoms. The lowest BCUT2D eigenvalue weighted by atomic mass is 10.2. The van der Waals surface area contributed by atoms with Gasteiger partial charge in [0.25, 0.3) is 0 Å². The van der Waals surface area contributed by atoms with Gasteiger partial charge in [-0.15, -0.1) is 0 Å². The average molecular weight is 450 g/mol. The molecule has 4 heterocycles. The molecule has 0 amide bonds. The first kappa shape index (κ1) is 21.7. The van der Waals surface area contributed by atoms with Crippen molar-refractivity contribution in [3.8, 4) is 23.0 Å². The van der Waals surface area contributed by atoms with Crippen molar-refractivity contribution in [2.75, 3.05) is 31.8 Å². The van der Waals surface area contributed by atoms with Gasteiger partial charge in [-0.25, -0.2) is 15.0 Å². The van der Waals surface area contributed by atoms with Crippen LogP contribution in [0.25, 0.3) is 16.9 Å². The maximum absolute atomic E-state index is 10.9. The molecule has 0 saturated carbocycles. The zero-order valence-corrected chi connectivity index (χ0v) is 18.1. The van der Waals surface area contributed by atoms with Crippen LogP contribution in [-0.4, -0.2) is 50.0 Å². The summed E-state index contributed by atoms with van der Waals surface area (Å²) in [6.07, 6.45) is 4.81. The molecule has 170 valence electrons. The Kier molecular flexibility index (Phi) is 6.15. The molecular weight excluding hydrogens is 428 g/mol. The van der Waals surface area contributed by atoms with E-state index in [2.05, 4.69) is 20.3 Å². The highest BCUT2D eigenvalue weighted by atomic mass is 16.6. The van der Waals surface area contributed by atoms with E-state index >= 15 is 0 Å². The fourth-order valence-corrected chi connectivity index (χ4v) is 3.35. The van der Waals surface area contributed by atoms with Crippen LogP contribution in [0.5, 0.6) is 11.8 Å². The van der Waals surface area contributed by atoms with Crippen molar-refractivity contribution in [2.45, 2.75) is 12.8 Å². The second-order valence-electron chi connectivity index (χ2n) is 7.03. The van der Waals surface area contributed by atoms with Gasteiger partial charge < -0.3 is 20.5 Å². The minimum absolute atomic E-state index is 0.0815. The summed E-state index contributed by atoms with van der Waals surface area (Å²) in [5, 5.41) is 14.2. The summed E-state index contributed by atoms with van der Waals surface area (Å²) in [5.74, 6) is 1.36. The molecule has 0 radical (unpaired) electrons. The molecule has 0 spiro atoms. The first-order chi connectivity index (χ1) is 16.0. The largest absolute Gasteiger partial charge is 0.481 e. The maximum atomic E-state index is 10.9. The molecule has 0 fully saturated rings. The third kappa shape index (κ3) is 4.59. The van der Waals surface area contributed by atoms with Gasteiger partial charge in [0.05, 0.1) is 30.4 Å². The minimum Gasteiger partial charge on any atom is -0.481 e. The summed E-state index contributed by atoms with van der Waals surface area (Å²) in [7, 11) is 3.08. The lowest BCUT2D eigenvalue weighted by molar-refractivity contribution is -0.384. The number of hydrogen-bond donors (Lipinski definition) is 2. The SMILES string of the molecule is COc1ccc(-c2cc3nccn3c(NCCCc3ccc([N+](=O)[O-])c(N)n3)n2)c(OC)n1. The number of aryl methyl sites for hydroxylation is 1. The van der Waals surface area contributed by atoms with Crippen molar-refractivity contribution in [1.82, 2.24) is 24.3 Å². The lowest BCUT2D eigenvalue weighted by Gasteiger charge is -2.12. The first-order valence-corrected chi connectivity index (χ1v) is 10.1. The topological polar surface area (TPSA) is 156 Å². The molecule has 4 rings (SSSR count).